The highest BCUT2D eigenvalue weighted by atomic mass is 32.2. The van der Waals surface area contributed by atoms with Gasteiger partial charge in [0, 0.05) is 32.3 Å². The molecule has 4 rings (SSSR count). The monoisotopic (exact) mass is 342 g/mol. The second-order valence-electron chi connectivity index (χ2n) is 8.40. The van der Waals surface area contributed by atoms with E-state index in [1.807, 2.05) is 0 Å². The third-order valence-corrected chi connectivity index (χ3v) is 8.72. The number of rotatable bonds is 6. The highest BCUT2D eigenvalue weighted by Crippen LogP contribution is 2.44. The lowest BCUT2D eigenvalue weighted by Gasteiger charge is -2.38. The van der Waals surface area contributed by atoms with Crippen LogP contribution in [0, 0.1) is 11.3 Å². The fourth-order valence-corrected chi connectivity index (χ4v) is 6.22. The minimum absolute atomic E-state index is 0.0635. The average molecular weight is 343 g/mol. The molecule has 4 fully saturated rings. The van der Waals surface area contributed by atoms with E-state index < -0.39 is 10.0 Å². The smallest absolute Gasteiger partial charge is 0.216 e. The molecule has 4 aliphatic rings. The summed E-state index contributed by atoms with van der Waals surface area (Å²) in [4.78, 5) is 2.44. The highest BCUT2D eigenvalue weighted by molar-refractivity contribution is 7.90. The van der Waals surface area contributed by atoms with Crippen LogP contribution in [-0.4, -0.2) is 68.8 Å². The van der Waals surface area contributed by atoms with Crippen molar-refractivity contribution < 1.29 is 13.2 Å². The molecule has 6 heteroatoms. The van der Waals surface area contributed by atoms with Gasteiger partial charge in [-0.25, -0.2) is 12.7 Å². The number of hydrogen-bond acceptors (Lipinski definition) is 4. The Morgan fingerprint density at radius 1 is 1.09 bits per heavy atom. The molecule has 1 atom stereocenters. The van der Waals surface area contributed by atoms with Gasteiger partial charge in [-0.3, -0.25) is 0 Å². The van der Waals surface area contributed by atoms with Crippen LogP contribution < -0.4 is 0 Å². The Hall–Kier alpha value is -0.170. The number of ether oxygens (including phenoxy) is 1. The third kappa shape index (κ3) is 3.46. The Kier molecular flexibility index (Phi) is 4.23. The Morgan fingerprint density at radius 3 is 2.39 bits per heavy atom. The molecule has 0 radical (unpaired) electrons. The van der Waals surface area contributed by atoms with Gasteiger partial charge >= 0.3 is 0 Å². The fraction of sp³-hybridized carbons (Fsp3) is 1.00. The maximum atomic E-state index is 12.4. The summed E-state index contributed by atoms with van der Waals surface area (Å²) in [5, 5.41) is -0.0635. The lowest BCUT2D eigenvalue weighted by atomic mass is 9.77. The maximum absolute atomic E-state index is 12.4. The van der Waals surface area contributed by atoms with Crippen LogP contribution in [0.5, 0.6) is 0 Å². The number of likely N-dealkylation sites (N-methyl/N-ethyl adjacent to an activating group) is 1. The molecule has 0 aromatic rings. The van der Waals surface area contributed by atoms with E-state index >= 15 is 0 Å². The van der Waals surface area contributed by atoms with Gasteiger partial charge in [0.05, 0.1) is 11.9 Å². The summed E-state index contributed by atoms with van der Waals surface area (Å²) in [7, 11) is -0.782. The van der Waals surface area contributed by atoms with Crippen molar-refractivity contribution in [3.05, 3.63) is 0 Å². The summed E-state index contributed by atoms with van der Waals surface area (Å²) in [6.07, 6.45) is 7.63. The van der Waals surface area contributed by atoms with Crippen LogP contribution in [-0.2, 0) is 14.8 Å². The van der Waals surface area contributed by atoms with Gasteiger partial charge in [0.15, 0.2) is 0 Å². The molecule has 2 saturated heterocycles. The lowest BCUT2D eigenvalue weighted by molar-refractivity contribution is 0.0784. The molecule has 0 N–H and O–H groups in total. The van der Waals surface area contributed by atoms with E-state index in [1.165, 1.54) is 19.3 Å². The molecular formula is C17H30N2O3S. The van der Waals surface area contributed by atoms with E-state index in [0.29, 0.717) is 11.5 Å². The van der Waals surface area contributed by atoms with Crippen molar-refractivity contribution in [2.45, 2.75) is 56.2 Å². The van der Waals surface area contributed by atoms with Gasteiger partial charge in [-0.05, 0) is 63.3 Å². The zero-order valence-electron chi connectivity index (χ0n) is 14.2. The molecule has 2 aliphatic carbocycles. The average Bonchev–Trinajstić information content (AvgIpc) is 3.39. The van der Waals surface area contributed by atoms with Gasteiger partial charge in [0.1, 0.15) is 0 Å². The van der Waals surface area contributed by atoms with Crippen molar-refractivity contribution in [1.29, 1.82) is 0 Å². The second kappa shape index (κ2) is 5.97. The van der Waals surface area contributed by atoms with Crippen LogP contribution in [0.2, 0.25) is 0 Å². The van der Waals surface area contributed by atoms with Crippen LogP contribution in [0.25, 0.3) is 0 Å². The molecule has 5 nitrogen and oxygen atoms in total. The van der Waals surface area contributed by atoms with Gasteiger partial charge in [0.2, 0.25) is 10.0 Å². The van der Waals surface area contributed by atoms with E-state index in [-0.39, 0.29) is 5.25 Å². The second-order valence-corrected chi connectivity index (χ2v) is 10.6. The first-order chi connectivity index (χ1) is 11.0. The van der Waals surface area contributed by atoms with E-state index in [9.17, 15) is 8.42 Å². The van der Waals surface area contributed by atoms with Gasteiger partial charge in [0.25, 0.3) is 0 Å². The number of piperidine rings is 1. The molecule has 0 amide bonds. The summed E-state index contributed by atoms with van der Waals surface area (Å²) in [5.74, 6) is 0.825. The minimum Gasteiger partial charge on any atom is -0.380 e. The van der Waals surface area contributed by atoms with Crippen molar-refractivity contribution in [2.24, 2.45) is 11.3 Å². The number of hydrogen-bond donors (Lipinski definition) is 0. The van der Waals surface area contributed by atoms with E-state index in [4.69, 9.17) is 4.74 Å². The van der Waals surface area contributed by atoms with Crippen molar-refractivity contribution in [1.82, 2.24) is 9.21 Å². The summed E-state index contributed by atoms with van der Waals surface area (Å²) < 4.78 is 32.5. The first-order valence-corrected chi connectivity index (χ1v) is 10.8. The quantitative estimate of drug-likeness (QED) is 0.737. The molecule has 0 bridgehead atoms. The zero-order chi connectivity index (χ0) is 16.1. The zero-order valence-corrected chi connectivity index (χ0v) is 15.1. The van der Waals surface area contributed by atoms with Crippen LogP contribution in [0.15, 0.2) is 0 Å². The molecule has 0 aromatic carbocycles. The Balaban J connectivity index is 1.29. The molecule has 23 heavy (non-hydrogen) atoms. The largest absolute Gasteiger partial charge is 0.380 e. The Labute approximate surface area is 140 Å². The summed E-state index contributed by atoms with van der Waals surface area (Å²) in [5.41, 5.74) is 0.317. The van der Waals surface area contributed by atoms with Gasteiger partial charge in [-0.2, -0.15) is 0 Å². The van der Waals surface area contributed by atoms with E-state index in [0.717, 1.165) is 64.4 Å². The number of nitrogens with zero attached hydrogens (tertiary/aromatic N) is 2. The van der Waals surface area contributed by atoms with E-state index in [1.54, 1.807) is 4.31 Å². The molecule has 0 aromatic heterocycles. The third-order valence-electron chi connectivity index (χ3n) is 6.33. The normalized spacial score (nSPS) is 32.7. The van der Waals surface area contributed by atoms with Gasteiger partial charge in [-0.15, -0.1) is 0 Å². The number of sulfonamides is 1. The van der Waals surface area contributed by atoms with E-state index in [2.05, 4.69) is 11.9 Å². The minimum atomic E-state index is -2.98. The first kappa shape index (κ1) is 16.3. The van der Waals surface area contributed by atoms with Crippen LogP contribution in [0.4, 0.5) is 0 Å². The molecule has 0 unspecified atom stereocenters. The summed E-state index contributed by atoms with van der Waals surface area (Å²) >= 11 is 0. The molecule has 2 heterocycles. The van der Waals surface area contributed by atoms with Crippen LogP contribution >= 0.6 is 0 Å². The fourth-order valence-electron chi connectivity index (χ4n) is 4.37. The topological polar surface area (TPSA) is 49.9 Å². The van der Waals surface area contributed by atoms with Crippen molar-refractivity contribution in [2.75, 3.05) is 39.9 Å². The molecule has 2 saturated carbocycles. The van der Waals surface area contributed by atoms with Crippen molar-refractivity contribution >= 4 is 10.0 Å². The maximum Gasteiger partial charge on any atom is 0.216 e. The highest BCUT2D eigenvalue weighted by Gasteiger charge is 2.48. The predicted octanol–water partition coefficient (Wildman–Crippen LogP) is 1.69. The summed E-state index contributed by atoms with van der Waals surface area (Å²) in [6.45, 7) is 4.33. The molecule has 132 valence electrons. The molecular weight excluding hydrogens is 312 g/mol. The molecule has 1 spiro atoms. The van der Waals surface area contributed by atoms with Crippen LogP contribution in [0.3, 0.4) is 0 Å². The number of likely N-dealkylation sites (tertiary alicyclic amines) is 1. The van der Waals surface area contributed by atoms with Gasteiger partial charge < -0.3 is 9.64 Å². The van der Waals surface area contributed by atoms with Crippen molar-refractivity contribution in [3.8, 4) is 0 Å². The van der Waals surface area contributed by atoms with Crippen LogP contribution in [0.1, 0.15) is 44.9 Å². The standard InChI is InChI=1S/C17H30N2O3S/c1-18-13-17(10-15(18)12-22-11-14-2-3-14)6-8-19(9-7-17)23(20,21)16-4-5-16/h14-16H,2-13H2,1H3/t15-/m1/s1. The predicted molar refractivity (Wildman–Crippen MR) is 89.8 cm³/mol. The SMILES string of the molecule is CN1CC2(CCN(S(=O)(=O)C3CC3)CC2)C[C@@H]1COCC1CC1. The Bertz CT molecular complexity index is 534. The van der Waals surface area contributed by atoms with Gasteiger partial charge in [-0.1, -0.05) is 0 Å². The Morgan fingerprint density at radius 2 is 1.78 bits per heavy atom. The lowest BCUT2D eigenvalue weighted by Crippen LogP contribution is -2.45. The van der Waals surface area contributed by atoms with Crippen molar-refractivity contribution in [3.63, 3.8) is 0 Å². The molecule has 2 aliphatic heterocycles. The summed E-state index contributed by atoms with van der Waals surface area (Å²) in [6, 6.07) is 0.514. The first-order valence-electron chi connectivity index (χ1n) is 9.26.